The lowest BCUT2D eigenvalue weighted by molar-refractivity contribution is -0.122. The number of H-pyrrole nitrogens is 1. The number of nitrogens with one attached hydrogen (secondary N) is 2. The first kappa shape index (κ1) is 21.3. The van der Waals surface area contributed by atoms with Gasteiger partial charge in [-0.25, -0.2) is 4.98 Å². The van der Waals surface area contributed by atoms with Crippen molar-refractivity contribution in [1.29, 1.82) is 0 Å². The van der Waals surface area contributed by atoms with Crippen LogP contribution in [0.1, 0.15) is 18.3 Å². The Kier molecular flexibility index (Phi) is 6.50. The number of aromatic nitrogens is 2. The highest BCUT2D eigenvalue weighted by molar-refractivity contribution is 7.18. The molecule has 1 amide bonds. The molecule has 0 saturated carbocycles. The van der Waals surface area contributed by atoms with Crippen molar-refractivity contribution in [3.05, 3.63) is 68.9 Å². The molecular weight excluding hydrogens is 454 g/mol. The van der Waals surface area contributed by atoms with Crippen LogP contribution in [0.15, 0.2) is 52.0 Å². The third-order valence-corrected chi connectivity index (χ3v) is 6.44. The monoisotopic (exact) mass is 471 g/mol. The molecule has 0 bridgehead atoms. The van der Waals surface area contributed by atoms with Crippen molar-refractivity contribution < 1.29 is 9.53 Å². The summed E-state index contributed by atoms with van der Waals surface area (Å²) in [5, 5.41) is 7.49. The second kappa shape index (κ2) is 9.47. The summed E-state index contributed by atoms with van der Waals surface area (Å²) in [6.45, 7) is 2.38. The highest BCUT2D eigenvalue weighted by Crippen LogP contribution is 2.34. The van der Waals surface area contributed by atoms with Gasteiger partial charge in [0.2, 0.25) is 0 Å². The van der Waals surface area contributed by atoms with Gasteiger partial charge in [-0.2, -0.15) is 0 Å². The molecule has 3 aromatic heterocycles. The predicted octanol–water partition coefficient (Wildman–Crippen LogP) is 4.96. The molecule has 0 aliphatic heterocycles. The molecule has 0 unspecified atom stereocenters. The predicted molar refractivity (Wildman–Crippen MR) is 128 cm³/mol. The molecule has 0 spiro atoms. The number of carbonyl (C=O) groups excluding carboxylic acids is 1. The molecule has 6 nitrogen and oxygen atoms in total. The van der Waals surface area contributed by atoms with Gasteiger partial charge in [-0.3, -0.25) is 9.59 Å². The van der Waals surface area contributed by atoms with E-state index in [0.29, 0.717) is 33.4 Å². The van der Waals surface area contributed by atoms with Crippen molar-refractivity contribution in [1.82, 2.24) is 15.3 Å². The van der Waals surface area contributed by atoms with Crippen LogP contribution in [0.25, 0.3) is 31.8 Å². The van der Waals surface area contributed by atoms with Crippen LogP contribution in [0, 0.1) is 0 Å². The Morgan fingerprint density at radius 2 is 2.06 bits per heavy atom. The Labute approximate surface area is 191 Å². The minimum Gasteiger partial charge on any atom is -0.484 e. The van der Waals surface area contributed by atoms with Gasteiger partial charge in [-0.05, 0) is 42.1 Å². The number of benzene rings is 1. The van der Waals surface area contributed by atoms with Crippen molar-refractivity contribution in [3.63, 3.8) is 0 Å². The summed E-state index contributed by atoms with van der Waals surface area (Å²) in [7, 11) is 0. The molecule has 0 atom stereocenters. The molecule has 2 N–H and O–H groups in total. The maximum absolute atomic E-state index is 12.7. The SMILES string of the molecule is CCNC(=O)COc1ccc(/C=C(\Cl)c2nc3scc(-c4cccs4)c3c(=O)[nH]2)cc1. The number of hydrogen-bond acceptors (Lipinski definition) is 6. The van der Waals surface area contributed by atoms with Crippen molar-refractivity contribution in [2.45, 2.75) is 6.92 Å². The lowest BCUT2D eigenvalue weighted by Crippen LogP contribution is -2.28. The first-order valence-electron chi connectivity index (χ1n) is 9.47. The second-order valence-corrected chi connectivity index (χ2v) is 8.74. The van der Waals surface area contributed by atoms with Gasteiger partial charge in [-0.1, -0.05) is 29.8 Å². The number of ether oxygens (including phenoxy) is 1. The van der Waals surface area contributed by atoms with Gasteiger partial charge in [0.05, 0.1) is 10.4 Å². The number of thiophene rings is 2. The van der Waals surface area contributed by atoms with E-state index < -0.39 is 0 Å². The summed E-state index contributed by atoms with van der Waals surface area (Å²) < 4.78 is 5.44. The normalized spacial score (nSPS) is 11.6. The zero-order valence-electron chi connectivity index (χ0n) is 16.5. The van der Waals surface area contributed by atoms with Crippen LogP contribution in [0.4, 0.5) is 0 Å². The fourth-order valence-corrected chi connectivity index (χ4v) is 4.92. The average molecular weight is 472 g/mol. The summed E-state index contributed by atoms with van der Waals surface area (Å²) in [6, 6.07) is 11.1. The molecule has 31 heavy (non-hydrogen) atoms. The first-order chi connectivity index (χ1) is 15.0. The molecule has 0 aliphatic carbocycles. The molecule has 1 aromatic carbocycles. The smallest absolute Gasteiger partial charge is 0.260 e. The van der Waals surface area contributed by atoms with Gasteiger partial charge in [0.15, 0.2) is 12.4 Å². The van der Waals surface area contributed by atoms with Crippen molar-refractivity contribution >= 4 is 61.5 Å². The van der Waals surface area contributed by atoms with E-state index in [1.54, 1.807) is 29.5 Å². The second-order valence-electron chi connectivity index (χ2n) is 6.52. The van der Waals surface area contributed by atoms with E-state index >= 15 is 0 Å². The number of halogens is 1. The van der Waals surface area contributed by atoms with Crippen LogP contribution >= 0.6 is 34.3 Å². The molecule has 4 rings (SSSR count). The third kappa shape index (κ3) is 4.87. The molecular formula is C22H18ClN3O3S2. The maximum atomic E-state index is 12.7. The van der Waals surface area contributed by atoms with Crippen LogP contribution in [0.3, 0.4) is 0 Å². The Morgan fingerprint density at radius 1 is 1.26 bits per heavy atom. The molecule has 0 radical (unpaired) electrons. The number of aromatic amines is 1. The number of amides is 1. The van der Waals surface area contributed by atoms with Gasteiger partial charge in [0.25, 0.3) is 11.5 Å². The Balaban J connectivity index is 1.54. The van der Waals surface area contributed by atoms with Gasteiger partial charge in [-0.15, -0.1) is 22.7 Å². The Morgan fingerprint density at radius 3 is 2.77 bits per heavy atom. The molecule has 158 valence electrons. The number of rotatable bonds is 7. The van der Waals surface area contributed by atoms with E-state index in [4.69, 9.17) is 16.3 Å². The van der Waals surface area contributed by atoms with Crippen molar-refractivity contribution in [2.75, 3.05) is 13.2 Å². The van der Waals surface area contributed by atoms with Crippen LogP contribution in [-0.2, 0) is 4.79 Å². The zero-order valence-corrected chi connectivity index (χ0v) is 18.9. The van der Waals surface area contributed by atoms with E-state index in [1.165, 1.54) is 11.3 Å². The topological polar surface area (TPSA) is 84.1 Å². The van der Waals surface area contributed by atoms with E-state index in [9.17, 15) is 9.59 Å². The summed E-state index contributed by atoms with van der Waals surface area (Å²) in [4.78, 5) is 33.2. The van der Waals surface area contributed by atoms with Crippen molar-refractivity contribution in [3.8, 4) is 16.2 Å². The largest absolute Gasteiger partial charge is 0.484 e. The lowest BCUT2D eigenvalue weighted by atomic mass is 10.2. The highest BCUT2D eigenvalue weighted by Gasteiger charge is 2.14. The molecule has 9 heteroatoms. The Bertz CT molecular complexity index is 1290. The summed E-state index contributed by atoms with van der Waals surface area (Å²) in [5.74, 6) is 0.721. The summed E-state index contributed by atoms with van der Waals surface area (Å²) in [6.07, 6.45) is 1.72. The van der Waals surface area contributed by atoms with E-state index in [1.807, 2.05) is 41.9 Å². The lowest BCUT2D eigenvalue weighted by Gasteiger charge is -2.06. The molecule has 4 aromatic rings. The standard InChI is InChI=1S/C22H18ClN3O3S2/c1-2-24-18(27)11-29-14-7-5-13(6-8-14)10-16(23)20-25-21(28)19-15(12-31-22(19)26-20)17-4-3-9-30-17/h3-10,12H,2,11H2,1H3,(H,24,27)(H,25,26,28)/b16-10-. The number of hydrogen-bond donors (Lipinski definition) is 2. The van der Waals surface area contributed by atoms with Crippen molar-refractivity contribution in [2.24, 2.45) is 0 Å². The number of nitrogens with zero attached hydrogens (tertiary/aromatic N) is 1. The molecule has 3 heterocycles. The van der Waals surface area contributed by atoms with Gasteiger partial charge < -0.3 is 15.0 Å². The van der Waals surface area contributed by atoms with Crippen LogP contribution in [0.2, 0.25) is 0 Å². The van der Waals surface area contributed by atoms with Crippen LogP contribution < -0.4 is 15.6 Å². The Hall–Kier alpha value is -2.94. The molecule has 0 saturated heterocycles. The minimum atomic E-state index is -0.217. The van der Waals surface area contributed by atoms with Gasteiger partial charge in [0.1, 0.15) is 10.6 Å². The number of fused-ring (bicyclic) bond motifs is 1. The fourth-order valence-electron chi connectivity index (χ4n) is 2.95. The zero-order chi connectivity index (χ0) is 21.8. The minimum absolute atomic E-state index is 0.0385. The van der Waals surface area contributed by atoms with E-state index in [2.05, 4.69) is 15.3 Å². The summed E-state index contributed by atoms with van der Waals surface area (Å²) >= 11 is 9.45. The quantitative estimate of drug-likeness (QED) is 0.398. The van der Waals surface area contributed by atoms with Crippen LogP contribution in [-0.4, -0.2) is 29.0 Å². The first-order valence-corrected chi connectivity index (χ1v) is 11.6. The average Bonchev–Trinajstić information content (AvgIpc) is 3.43. The van der Waals surface area contributed by atoms with Crippen LogP contribution in [0.5, 0.6) is 5.75 Å². The van der Waals surface area contributed by atoms with E-state index in [0.717, 1.165) is 16.0 Å². The molecule has 0 aliphatic rings. The maximum Gasteiger partial charge on any atom is 0.260 e. The van der Waals surface area contributed by atoms with Gasteiger partial charge >= 0.3 is 0 Å². The van der Waals surface area contributed by atoms with E-state index in [-0.39, 0.29) is 18.1 Å². The fraction of sp³-hybridized carbons (Fsp3) is 0.136. The third-order valence-electron chi connectivity index (χ3n) is 4.37. The number of carbonyl (C=O) groups is 1. The highest BCUT2D eigenvalue weighted by atomic mass is 35.5. The summed E-state index contributed by atoms with van der Waals surface area (Å²) in [5.41, 5.74) is 1.48. The number of likely N-dealkylation sites (N-methyl/N-ethyl adjacent to an activating group) is 1. The van der Waals surface area contributed by atoms with Gasteiger partial charge in [0, 0.05) is 22.4 Å². The molecule has 0 fully saturated rings.